The predicted molar refractivity (Wildman–Crippen MR) is 222 cm³/mol. The number of aromatic amines is 1. The zero-order valence-corrected chi connectivity index (χ0v) is 36.3. The summed E-state index contributed by atoms with van der Waals surface area (Å²) in [5, 5.41) is 8.79. The van der Waals surface area contributed by atoms with Gasteiger partial charge < -0.3 is 40.2 Å². The number of hydrogen-bond acceptors (Lipinski definition) is 8. The van der Waals surface area contributed by atoms with Crippen molar-refractivity contribution >= 4 is 29.9 Å². The Morgan fingerprint density at radius 3 is 1.78 bits per heavy atom. The summed E-state index contributed by atoms with van der Waals surface area (Å²) in [7, 11) is 0. The number of nitrogens with one attached hydrogen (secondary N) is 4. The molecule has 1 aromatic carbocycles. The molecule has 2 aliphatic heterocycles. The van der Waals surface area contributed by atoms with Crippen molar-refractivity contribution in [2.75, 3.05) is 13.1 Å². The summed E-state index contributed by atoms with van der Waals surface area (Å²) in [5.74, 6) is 0.284. The topological polar surface area (TPSA) is 175 Å². The molecule has 1 aliphatic carbocycles. The number of alkyl carbamates (subject to hydrolysis) is 2. The van der Waals surface area contributed by atoms with Gasteiger partial charge in [-0.15, -0.1) is 0 Å². The molecule has 14 nitrogen and oxygen atoms in total. The minimum atomic E-state index is -0.785. The molecule has 5 amide bonds. The number of imidazole rings is 1. The number of carbonyl (C=O) groups excluding carboxylic acids is 5. The molecule has 4 atom stereocenters. The van der Waals surface area contributed by atoms with E-state index in [0.717, 1.165) is 62.0 Å². The molecule has 0 radical (unpaired) electrons. The van der Waals surface area contributed by atoms with Crippen molar-refractivity contribution in [2.24, 2.45) is 11.8 Å². The SMILES string of the molecule is CC(C)[C@@H](NC(=O)OC(C)(C)C)C(=O)N1CCC[C@H]1C(=O)NC1CCC(c2ccc(-c3cnc([C@@H]4CCCN4C(=O)[C@H](NC(=O)OC(C)(C)C)C(C)C)[nH]3)cc2)CC1. The third-order valence-electron chi connectivity index (χ3n) is 11.3. The minimum absolute atomic E-state index is 0.0377. The van der Waals surface area contributed by atoms with Crippen LogP contribution in [0.3, 0.4) is 0 Å². The minimum Gasteiger partial charge on any atom is -0.444 e. The molecule has 5 rings (SSSR count). The number of H-pyrrole nitrogens is 1. The van der Waals surface area contributed by atoms with E-state index in [-0.39, 0.29) is 41.6 Å². The quantitative estimate of drug-likeness (QED) is 0.188. The fourth-order valence-electron chi connectivity index (χ4n) is 8.33. The number of nitrogens with zero attached hydrogens (tertiary/aromatic N) is 3. The van der Waals surface area contributed by atoms with Crippen molar-refractivity contribution in [3.05, 3.63) is 41.9 Å². The summed E-state index contributed by atoms with van der Waals surface area (Å²) in [6, 6.07) is 6.31. The summed E-state index contributed by atoms with van der Waals surface area (Å²) >= 11 is 0. The fourth-order valence-corrected chi connectivity index (χ4v) is 8.33. The zero-order valence-electron chi connectivity index (χ0n) is 36.3. The molecule has 0 unspecified atom stereocenters. The van der Waals surface area contributed by atoms with Crippen LogP contribution in [0.4, 0.5) is 9.59 Å². The van der Waals surface area contributed by atoms with Gasteiger partial charge in [0.05, 0.1) is 17.9 Å². The third-order valence-corrected chi connectivity index (χ3v) is 11.3. The molecule has 3 heterocycles. The normalized spacial score (nSPS) is 22.4. The number of aromatic nitrogens is 2. The molecule has 3 fully saturated rings. The van der Waals surface area contributed by atoms with E-state index in [1.54, 1.807) is 46.4 Å². The van der Waals surface area contributed by atoms with Crippen LogP contribution in [-0.4, -0.2) is 98.1 Å². The summed E-state index contributed by atoms with van der Waals surface area (Å²) in [5.41, 5.74) is 1.77. The highest BCUT2D eigenvalue weighted by Gasteiger charge is 2.41. The molecule has 2 saturated heterocycles. The average Bonchev–Trinajstić information content (AvgIpc) is 3.93. The smallest absolute Gasteiger partial charge is 0.408 e. The van der Waals surface area contributed by atoms with E-state index in [1.165, 1.54) is 5.56 Å². The Hall–Kier alpha value is -4.62. The number of likely N-dealkylation sites (tertiary alicyclic amines) is 2. The molecule has 14 heteroatoms. The molecule has 58 heavy (non-hydrogen) atoms. The van der Waals surface area contributed by atoms with Gasteiger partial charge in [0.15, 0.2) is 0 Å². The van der Waals surface area contributed by atoms with E-state index in [0.29, 0.717) is 25.4 Å². The molecule has 2 aromatic rings. The van der Waals surface area contributed by atoms with Crippen molar-refractivity contribution in [1.82, 2.24) is 35.7 Å². The Morgan fingerprint density at radius 2 is 1.24 bits per heavy atom. The summed E-state index contributed by atoms with van der Waals surface area (Å²) in [4.78, 5) is 77.7. The van der Waals surface area contributed by atoms with E-state index in [9.17, 15) is 24.0 Å². The van der Waals surface area contributed by atoms with E-state index in [4.69, 9.17) is 14.5 Å². The van der Waals surface area contributed by atoms with Crippen LogP contribution < -0.4 is 16.0 Å². The van der Waals surface area contributed by atoms with Gasteiger partial charge in [0.25, 0.3) is 0 Å². The van der Waals surface area contributed by atoms with E-state index < -0.39 is 41.5 Å². The number of amides is 5. The van der Waals surface area contributed by atoms with Crippen molar-refractivity contribution in [3.8, 4) is 11.3 Å². The Morgan fingerprint density at radius 1 is 0.724 bits per heavy atom. The van der Waals surface area contributed by atoms with Gasteiger partial charge >= 0.3 is 12.2 Å². The lowest BCUT2D eigenvalue weighted by Gasteiger charge is -2.33. The molecule has 3 aliphatic rings. The van der Waals surface area contributed by atoms with Gasteiger partial charge in [-0.1, -0.05) is 52.0 Å². The second kappa shape index (κ2) is 18.5. The maximum atomic E-state index is 13.8. The highest BCUT2D eigenvalue weighted by molar-refractivity contribution is 5.92. The first-order chi connectivity index (χ1) is 27.2. The van der Waals surface area contributed by atoms with Gasteiger partial charge in [0.2, 0.25) is 17.7 Å². The van der Waals surface area contributed by atoms with Crippen LogP contribution in [0.1, 0.15) is 144 Å². The van der Waals surface area contributed by atoms with Crippen LogP contribution in [0.5, 0.6) is 0 Å². The average molecular weight is 806 g/mol. The fraction of sp³-hybridized carbons (Fsp3) is 0.682. The van der Waals surface area contributed by atoms with Gasteiger partial charge in [-0.3, -0.25) is 14.4 Å². The summed E-state index contributed by atoms with van der Waals surface area (Å²) in [6.45, 7) is 19.4. The Bertz CT molecular complexity index is 1750. The molecule has 1 aromatic heterocycles. The number of benzene rings is 1. The molecule has 0 bridgehead atoms. The Balaban J connectivity index is 1.13. The van der Waals surface area contributed by atoms with Gasteiger partial charge in [0.1, 0.15) is 35.2 Å². The maximum absolute atomic E-state index is 13.8. The first kappa shape index (κ1) is 44.5. The molecular formula is C44H67N7O7. The van der Waals surface area contributed by atoms with Crippen LogP contribution in [0.15, 0.2) is 30.5 Å². The lowest BCUT2D eigenvalue weighted by molar-refractivity contribution is -0.141. The first-order valence-electron chi connectivity index (χ1n) is 21.3. The summed E-state index contributed by atoms with van der Waals surface area (Å²) in [6.07, 6.45) is 7.09. The standard InChI is InChI=1S/C44H67N7O7/c1-26(2)35(48-41(55)57-43(5,6)7)39(53)50-23-11-13-33(50)37-45-25-32(47-37)30-17-15-28(16-18-30)29-19-21-31(22-20-29)46-38(52)34-14-12-24-51(34)40(54)36(27(3)4)49-42(56)58-44(8,9)10/h15-18,25-27,29,31,33-36H,11-14,19-24H2,1-10H3,(H,45,47)(H,46,52)(H,48,55)(H,49,56)/t29?,31?,33-,34-,35+,36+/m0/s1. The highest BCUT2D eigenvalue weighted by atomic mass is 16.6. The molecule has 0 spiro atoms. The number of carbonyl (C=O) groups is 5. The van der Waals surface area contributed by atoms with E-state index in [1.807, 2.05) is 38.8 Å². The van der Waals surface area contributed by atoms with Gasteiger partial charge in [-0.2, -0.15) is 0 Å². The number of ether oxygens (including phenoxy) is 2. The maximum Gasteiger partial charge on any atom is 0.408 e. The Kier molecular flexibility index (Phi) is 14.2. The molecule has 320 valence electrons. The molecule has 1 saturated carbocycles. The lowest BCUT2D eigenvalue weighted by atomic mass is 9.81. The van der Waals surface area contributed by atoms with Gasteiger partial charge in [-0.05, 0) is 122 Å². The first-order valence-corrected chi connectivity index (χ1v) is 21.3. The predicted octanol–water partition coefficient (Wildman–Crippen LogP) is 6.97. The van der Waals surface area contributed by atoms with Gasteiger partial charge in [0, 0.05) is 19.1 Å². The van der Waals surface area contributed by atoms with Crippen molar-refractivity contribution in [3.63, 3.8) is 0 Å². The number of rotatable bonds is 11. The summed E-state index contributed by atoms with van der Waals surface area (Å²) < 4.78 is 10.8. The number of hydrogen-bond donors (Lipinski definition) is 4. The monoisotopic (exact) mass is 806 g/mol. The third kappa shape index (κ3) is 11.5. The van der Waals surface area contributed by atoms with Crippen LogP contribution in [0.2, 0.25) is 0 Å². The molecule has 4 N–H and O–H groups in total. The second-order valence-corrected chi connectivity index (χ2v) is 19.0. The lowest BCUT2D eigenvalue weighted by Crippen LogP contribution is -2.56. The van der Waals surface area contributed by atoms with Crippen molar-refractivity contribution < 1.29 is 33.4 Å². The van der Waals surface area contributed by atoms with E-state index in [2.05, 4.69) is 45.2 Å². The van der Waals surface area contributed by atoms with Crippen LogP contribution in [0.25, 0.3) is 11.3 Å². The van der Waals surface area contributed by atoms with Crippen LogP contribution >= 0.6 is 0 Å². The molecular weight excluding hydrogens is 739 g/mol. The van der Waals surface area contributed by atoms with Crippen LogP contribution in [0, 0.1) is 11.8 Å². The van der Waals surface area contributed by atoms with Crippen molar-refractivity contribution in [1.29, 1.82) is 0 Å². The zero-order chi connectivity index (χ0) is 42.5. The van der Waals surface area contributed by atoms with Gasteiger partial charge in [-0.25, -0.2) is 14.6 Å². The van der Waals surface area contributed by atoms with Crippen LogP contribution in [-0.2, 0) is 23.9 Å². The second-order valence-electron chi connectivity index (χ2n) is 19.0. The van der Waals surface area contributed by atoms with Crippen molar-refractivity contribution in [2.45, 2.75) is 168 Å². The largest absolute Gasteiger partial charge is 0.444 e. The Labute approximate surface area is 344 Å². The van der Waals surface area contributed by atoms with E-state index >= 15 is 0 Å². The highest BCUT2D eigenvalue weighted by Crippen LogP contribution is 2.36.